The lowest BCUT2D eigenvalue weighted by Gasteiger charge is -2.14. The van der Waals surface area contributed by atoms with Gasteiger partial charge in [0.25, 0.3) is 0 Å². The Kier molecular flexibility index (Phi) is 4.29. The van der Waals surface area contributed by atoms with Crippen LogP contribution in [-0.4, -0.2) is 28.1 Å². The van der Waals surface area contributed by atoms with Crippen LogP contribution in [0, 0.1) is 0 Å². The SMILES string of the molecule is CCc1cn2c(n1)C(CCSC)NCCC2. The van der Waals surface area contributed by atoms with Gasteiger partial charge in [-0.1, -0.05) is 6.92 Å². The van der Waals surface area contributed by atoms with Gasteiger partial charge in [-0.25, -0.2) is 4.98 Å². The first-order valence-electron chi connectivity index (χ1n) is 6.13. The van der Waals surface area contributed by atoms with Crippen LogP contribution in [0.4, 0.5) is 0 Å². The average molecular weight is 239 g/mol. The van der Waals surface area contributed by atoms with Gasteiger partial charge in [-0.05, 0) is 37.8 Å². The molecule has 90 valence electrons. The second kappa shape index (κ2) is 5.73. The standard InChI is InChI=1S/C12H21N3S/c1-3-10-9-15-7-4-6-13-11(5-8-16-2)12(15)14-10/h9,11,13H,3-8H2,1-2H3. The maximum atomic E-state index is 4.75. The third-order valence-corrected chi connectivity index (χ3v) is 3.75. The van der Waals surface area contributed by atoms with Crippen molar-refractivity contribution >= 4 is 11.8 Å². The van der Waals surface area contributed by atoms with Gasteiger partial charge in [0.15, 0.2) is 0 Å². The Balaban J connectivity index is 2.17. The molecule has 1 atom stereocenters. The monoisotopic (exact) mass is 239 g/mol. The van der Waals surface area contributed by atoms with Crippen molar-refractivity contribution in [2.24, 2.45) is 0 Å². The first-order chi connectivity index (χ1) is 7.85. The second-order valence-electron chi connectivity index (χ2n) is 4.28. The van der Waals surface area contributed by atoms with Gasteiger partial charge >= 0.3 is 0 Å². The van der Waals surface area contributed by atoms with Crippen molar-refractivity contribution in [2.75, 3.05) is 18.6 Å². The summed E-state index contributed by atoms with van der Waals surface area (Å²) in [6.07, 6.45) is 7.83. The summed E-state index contributed by atoms with van der Waals surface area (Å²) in [7, 11) is 0. The van der Waals surface area contributed by atoms with E-state index >= 15 is 0 Å². The van der Waals surface area contributed by atoms with E-state index in [2.05, 4.69) is 29.3 Å². The van der Waals surface area contributed by atoms with Crippen molar-refractivity contribution in [1.29, 1.82) is 0 Å². The summed E-state index contributed by atoms with van der Waals surface area (Å²) in [5.41, 5.74) is 1.23. The number of rotatable bonds is 4. The first-order valence-corrected chi connectivity index (χ1v) is 7.52. The van der Waals surface area contributed by atoms with Gasteiger partial charge in [-0.2, -0.15) is 11.8 Å². The molecule has 1 aromatic heterocycles. The Hall–Kier alpha value is -0.480. The molecule has 2 rings (SSSR count). The average Bonchev–Trinajstić information content (AvgIpc) is 2.63. The molecule has 2 heterocycles. The third-order valence-electron chi connectivity index (χ3n) is 3.11. The summed E-state index contributed by atoms with van der Waals surface area (Å²) in [5.74, 6) is 2.45. The zero-order valence-electron chi connectivity index (χ0n) is 10.2. The van der Waals surface area contributed by atoms with Crippen LogP contribution in [-0.2, 0) is 13.0 Å². The number of hydrogen-bond donors (Lipinski definition) is 1. The minimum atomic E-state index is 0.454. The molecule has 0 fully saturated rings. The fraction of sp³-hybridized carbons (Fsp3) is 0.750. The van der Waals surface area contributed by atoms with Crippen LogP contribution >= 0.6 is 11.8 Å². The molecule has 0 spiro atoms. The number of aryl methyl sites for hydroxylation is 2. The van der Waals surface area contributed by atoms with E-state index < -0.39 is 0 Å². The third kappa shape index (κ3) is 2.61. The van der Waals surface area contributed by atoms with E-state index in [1.54, 1.807) is 0 Å². The highest BCUT2D eigenvalue weighted by Crippen LogP contribution is 2.21. The maximum Gasteiger partial charge on any atom is 0.126 e. The van der Waals surface area contributed by atoms with Crippen LogP contribution in [0.2, 0.25) is 0 Å². The minimum Gasteiger partial charge on any atom is -0.333 e. The summed E-state index contributed by atoms with van der Waals surface area (Å²) in [5, 5.41) is 3.61. The van der Waals surface area contributed by atoms with Crippen molar-refractivity contribution in [3.63, 3.8) is 0 Å². The highest BCUT2D eigenvalue weighted by atomic mass is 32.2. The van der Waals surface area contributed by atoms with Crippen LogP contribution in [0.5, 0.6) is 0 Å². The number of nitrogens with zero attached hydrogens (tertiary/aromatic N) is 2. The van der Waals surface area contributed by atoms with E-state index in [0.29, 0.717) is 6.04 Å². The lowest BCUT2D eigenvalue weighted by atomic mass is 10.2. The van der Waals surface area contributed by atoms with Gasteiger partial charge in [0.2, 0.25) is 0 Å². The molecule has 0 aliphatic carbocycles. The largest absolute Gasteiger partial charge is 0.333 e. The Morgan fingerprint density at radius 1 is 1.62 bits per heavy atom. The van der Waals surface area contributed by atoms with Gasteiger partial charge in [0.05, 0.1) is 11.7 Å². The molecule has 0 bridgehead atoms. The molecule has 1 N–H and O–H groups in total. The summed E-state index contributed by atoms with van der Waals surface area (Å²) in [6, 6.07) is 0.454. The number of aromatic nitrogens is 2. The molecule has 0 amide bonds. The van der Waals surface area contributed by atoms with Gasteiger partial charge in [-0.15, -0.1) is 0 Å². The molecule has 0 radical (unpaired) electrons. The Labute approximate surface area is 102 Å². The number of imidazole rings is 1. The van der Waals surface area contributed by atoms with Crippen molar-refractivity contribution in [3.8, 4) is 0 Å². The van der Waals surface area contributed by atoms with Crippen molar-refractivity contribution in [1.82, 2.24) is 14.9 Å². The van der Waals surface area contributed by atoms with E-state index in [9.17, 15) is 0 Å². The van der Waals surface area contributed by atoms with E-state index in [-0.39, 0.29) is 0 Å². The lowest BCUT2D eigenvalue weighted by Crippen LogP contribution is -2.22. The molecule has 1 aliphatic rings. The summed E-state index contributed by atoms with van der Waals surface area (Å²) < 4.78 is 2.35. The van der Waals surface area contributed by atoms with E-state index in [1.165, 1.54) is 30.1 Å². The van der Waals surface area contributed by atoms with Gasteiger partial charge < -0.3 is 9.88 Å². The van der Waals surface area contributed by atoms with E-state index in [0.717, 1.165) is 19.5 Å². The van der Waals surface area contributed by atoms with Gasteiger partial charge in [0, 0.05) is 12.7 Å². The predicted molar refractivity (Wildman–Crippen MR) is 70.0 cm³/mol. The number of nitrogens with one attached hydrogen (secondary N) is 1. The molecular formula is C12H21N3S. The Bertz CT molecular complexity index is 335. The van der Waals surface area contributed by atoms with Crippen LogP contribution in [0.15, 0.2) is 6.20 Å². The van der Waals surface area contributed by atoms with Crippen molar-refractivity contribution < 1.29 is 0 Å². The number of fused-ring (bicyclic) bond motifs is 1. The van der Waals surface area contributed by atoms with E-state index in [1.807, 2.05) is 11.8 Å². The van der Waals surface area contributed by atoms with Crippen LogP contribution in [0.25, 0.3) is 0 Å². The fourth-order valence-corrected chi connectivity index (χ4v) is 2.67. The number of hydrogen-bond acceptors (Lipinski definition) is 3. The Morgan fingerprint density at radius 2 is 2.50 bits per heavy atom. The van der Waals surface area contributed by atoms with Crippen LogP contribution in [0.3, 0.4) is 0 Å². The molecule has 0 saturated carbocycles. The summed E-state index contributed by atoms with van der Waals surface area (Å²) in [6.45, 7) is 4.40. The topological polar surface area (TPSA) is 29.9 Å². The molecule has 3 nitrogen and oxygen atoms in total. The van der Waals surface area contributed by atoms with Crippen molar-refractivity contribution in [3.05, 3.63) is 17.7 Å². The highest BCUT2D eigenvalue weighted by molar-refractivity contribution is 7.98. The van der Waals surface area contributed by atoms with E-state index in [4.69, 9.17) is 4.98 Å². The summed E-state index contributed by atoms with van der Waals surface area (Å²) >= 11 is 1.91. The zero-order valence-corrected chi connectivity index (χ0v) is 11.0. The molecular weight excluding hydrogens is 218 g/mol. The zero-order chi connectivity index (χ0) is 11.4. The lowest BCUT2D eigenvalue weighted by molar-refractivity contribution is 0.517. The Morgan fingerprint density at radius 3 is 3.25 bits per heavy atom. The van der Waals surface area contributed by atoms with Gasteiger partial charge in [-0.3, -0.25) is 0 Å². The van der Waals surface area contributed by atoms with Crippen molar-refractivity contribution in [2.45, 2.75) is 38.8 Å². The molecule has 0 saturated heterocycles. The van der Waals surface area contributed by atoms with Crippen LogP contribution in [0.1, 0.15) is 37.3 Å². The molecule has 4 heteroatoms. The molecule has 16 heavy (non-hydrogen) atoms. The molecule has 0 aromatic carbocycles. The summed E-state index contributed by atoms with van der Waals surface area (Å²) in [4.78, 5) is 4.75. The quantitative estimate of drug-likeness (QED) is 0.874. The predicted octanol–water partition coefficient (Wildman–Crippen LogP) is 2.23. The molecule has 1 unspecified atom stereocenters. The fourth-order valence-electron chi connectivity index (χ4n) is 2.20. The number of thioether (sulfide) groups is 1. The van der Waals surface area contributed by atoms with Gasteiger partial charge in [0.1, 0.15) is 5.82 Å². The highest BCUT2D eigenvalue weighted by Gasteiger charge is 2.20. The first kappa shape index (κ1) is 12.0. The van der Waals surface area contributed by atoms with Crippen LogP contribution < -0.4 is 5.32 Å². The molecule has 1 aromatic rings. The smallest absolute Gasteiger partial charge is 0.126 e. The maximum absolute atomic E-state index is 4.75. The normalized spacial score (nSPS) is 20.5. The minimum absolute atomic E-state index is 0.454. The molecule has 1 aliphatic heterocycles. The second-order valence-corrected chi connectivity index (χ2v) is 5.26.